The van der Waals surface area contributed by atoms with Gasteiger partial charge in [-0.3, -0.25) is 10.1 Å². The lowest BCUT2D eigenvalue weighted by Crippen LogP contribution is -2.26. The minimum absolute atomic E-state index is 0.162. The Morgan fingerprint density at radius 3 is 2.29 bits per heavy atom. The lowest BCUT2D eigenvalue weighted by Gasteiger charge is -2.12. The molecular weight excluding hydrogens is 330 g/mol. The molecule has 0 unspecified atom stereocenters. The Kier molecular flexibility index (Phi) is 5.53. The molecule has 0 aliphatic heterocycles. The molecule has 0 radical (unpaired) electrons. The lowest BCUT2D eigenvalue weighted by atomic mass is 10.1. The van der Waals surface area contributed by atoms with Gasteiger partial charge >= 0.3 is 0 Å². The van der Waals surface area contributed by atoms with Gasteiger partial charge in [0.05, 0.1) is 4.92 Å². The molecule has 0 aliphatic carbocycles. The minimum Gasteiger partial charge on any atom is -0.378 e. The predicted molar refractivity (Wildman–Crippen MR) is 92.8 cm³/mol. The zero-order valence-electron chi connectivity index (χ0n) is 13.5. The van der Waals surface area contributed by atoms with Gasteiger partial charge in [0.1, 0.15) is 0 Å². The topological polar surface area (TPSA) is 92.6 Å². The van der Waals surface area contributed by atoms with E-state index in [1.165, 1.54) is 24.3 Å². The van der Waals surface area contributed by atoms with Crippen LogP contribution in [0.15, 0.2) is 53.4 Å². The molecule has 7 nitrogen and oxygen atoms in total. The molecule has 0 aromatic heterocycles. The molecule has 128 valence electrons. The van der Waals surface area contributed by atoms with Crippen molar-refractivity contribution in [1.82, 2.24) is 4.72 Å². The van der Waals surface area contributed by atoms with Crippen molar-refractivity contribution in [3.05, 3.63) is 64.2 Å². The van der Waals surface area contributed by atoms with E-state index in [2.05, 4.69) is 4.72 Å². The van der Waals surface area contributed by atoms with E-state index in [0.29, 0.717) is 6.42 Å². The Labute approximate surface area is 141 Å². The number of hydrogen-bond acceptors (Lipinski definition) is 5. The number of para-hydroxylation sites is 1. The molecule has 0 amide bonds. The summed E-state index contributed by atoms with van der Waals surface area (Å²) in [4.78, 5) is 11.9. The average molecular weight is 349 g/mol. The van der Waals surface area contributed by atoms with E-state index in [1.54, 1.807) is 0 Å². The van der Waals surface area contributed by atoms with Gasteiger partial charge in [0.25, 0.3) is 5.69 Å². The molecule has 2 rings (SSSR count). The average Bonchev–Trinajstić information content (AvgIpc) is 2.55. The quantitative estimate of drug-likeness (QED) is 0.611. The minimum atomic E-state index is -3.93. The summed E-state index contributed by atoms with van der Waals surface area (Å²) in [5.41, 5.74) is 1.60. The van der Waals surface area contributed by atoms with Gasteiger partial charge in [-0.1, -0.05) is 24.3 Å². The Bertz CT molecular complexity index is 817. The SMILES string of the molecule is CN(C)c1ccc(CCNS(=O)(=O)c2ccccc2[N+](=O)[O-])cc1. The van der Waals surface area contributed by atoms with Gasteiger partial charge in [-0.05, 0) is 30.2 Å². The van der Waals surface area contributed by atoms with E-state index >= 15 is 0 Å². The van der Waals surface area contributed by atoms with Crippen LogP contribution in [0.4, 0.5) is 11.4 Å². The normalized spacial score (nSPS) is 11.2. The first kappa shape index (κ1) is 17.9. The number of anilines is 1. The third-order valence-corrected chi connectivity index (χ3v) is 5.02. The molecule has 8 heteroatoms. The fourth-order valence-electron chi connectivity index (χ4n) is 2.20. The molecule has 0 atom stereocenters. The number of nitrogens with zero attached hydrogens (tertiary/aromatic N) is 2. The lowest BCUT2D eigenvalue weighted by molar-refractivity contribution is -0.387. The van der Waals surface area contributed by atoms with Crippen molar-refractivity contribution >= 4 is 21.4 Å². The van der Waals surface area contributed by atoms with Crippen LogP contribution < -0.4 is 9.62 Å². The zero-order valence-corrected chi connectivity index (χ0v) is 14.3. The Morgan fingerprint density at radius 2 is 1.71 bits per heavy atom. The first-order chi connectivity index (χ1) is 11.3. The van der Waals surface area contributed by atoms with E-state index in [-0.39, 0.29) is 11.4 Å². The van der Waals surface area contributed by atoms with E-state index in [4.69, 9.17) is 0 Å². The largest absolute Gasteiger partial charge is 0.378 e. The summed E-state index contributed by atoms with van der Waals surface area (Å²) in [6, 6.07) is 13.0. The van der Waals surface area contributed by atoms with Gasteiger partial charge in [-0.25, -0.2) is 13.1 Å². The Morgan fingerprint density at radius 1 is 1.08 bits per heavy atom. The third-order valence-electron chi connectivity index (χ3n) is 3.51. The first-order valence-electron chi connectivity index (χ1n) is 7.30. The molecule has 0 saturated heterocycles. The second-order valence-electron chi connectivity index (χ2n) is 5.43. The fourth-order valence-corrected chi connectivity index (χ4v) is 3.41. The smallest absolute Gasteiger partial charge is 0.289 e. The van der Waals surface area contributed by atoms with Crippen LogP contribution in [0, 0.1) is 10.1 Å². The zero-order chi connectivity index (χ0) is 17.7. The van der Waals surface area contributed by atoms with Crippen LogP contribution in [-0.2, 0) is 16.4 Å². The highest BCUT2D eigenvalue weighted by atomic mass is 32.2. The number of rotatable bonds is 7. The number of nitro groups is 1. The molecule has 0 heterocycles. The molecule has 2 aromatic rings. The summed E-state index contributed by atoms with van der Waals surface area (Å²) in [5.74, 6) is 0. The number of nitrogens with one attached hydrogen (secondary N) is 1. The third kappa shape index (κ3) is 4.30. The van der Waals surface area contributed by atoms with Crippen LogP contribution >= 0.6 is 0 Å². The summed E-state index contributed by atoms with van der Waals surface area (Å²) < 4.78 is 27.0. The standard InChI is InChI=1S/C16H19N3O4S/c1-18(2)14-9-7-13(8-10-14)11-12-17-24(22,23)16-6-4-3-5-15(16)19(20)21/h3-10,17H,11-12H2,1-2H3. The van der Waals surface area contributed by atoms with Crippen molar-refractivity contribution in [2.24, 2.45) is 0 Å². The molecule has 0 saturated carbocycles. The van der Waals surface area contributed by atoms with Gasteiger partial charge in [-0.2, -0.15) is 0 Å². The van der Waals surface area contributed by atoms with Gasteiger partial charge in [-0.15, -0.1) is 0 Å². The molecule has 0 fully saturated rings. The van der Waals surface area contributed by atoms with E-state index in [0.717, 1.165) is 11.3 Å². The molecule has 0 spiro atoms. The summed E-state index contributed by atoms with van der Waals surface area (Å²) in [6.45, 7) is 0.162. The predicted octanol–water partition coefficient (Wildman–Crippen LogP) is 2.18. The second kappa shape index (κ2) is 7.41. The number of hydrogen-bond donors (Lipinski definition) is 1. The molecular formula is C16H19N3O4S. The van der Waals surface area contributed by atoms with Gasteiger partial charge in [0, 0.05) is 32.4 Å². The maximum Gasteiger partial charge on any atom is 0.289 e. The molecule has 2 aromatic carbocycles. The molecule has 24 heavy (non-hydrogen) atoms. The summed E-state index contributed by atoms with van der Waals surface area (Å²) in [7, 11) is -0.0468. The van der Waals surface area contributed by atoms with Crippen LogP contribution in [0.5, 0.6) is 0 Å². The summed E-state index contributed by atoms with van der Waals surface area (Å²) in [6.07, 6.45) is 0.494. The highest BCUT2D eigenvalue weighted by Gasteiger charge is 2.24. The van der Waals surface area contributed by atoms with Crippen molar-refractivity contribution in [3.8, 4) is 0 Å². The van der Waals surface area contributed by atoms with Crippen molar-refractivity contribution in [2.45, 2.75) is 11.3 Å². The molecule has 1 N–H and O–H groups in total. The second-order valence-corrected chi connectivity index (χ2v) is 7.17. The van der Waals surface area contributed by atoms with E-state index < -0.39 is 20.6 Å². The van der Waals surface area contributed by atoms with Crippen LogP contribution in [0.3, 0.4) is 0 Å². The van der Waals surface area contributed by atoms with Gasteiger partial charge in [0.15, 0.2) is 4.90 Å². The van der Waals surface area contributed by atoms with Crippen molar-refractivity contribution in [3.63, 3.8) is 0 Å². The van der Waals surface area contributed by atoms with E-state index in [9.17, 15) is 18.5 Å². The first-order valence-corrected chi connectivity index (χ1v) is 8.79. The number of benzene rings is 2. The van der Waals surface area contributed by atoms with Gasteiger partial charge < -0.3 is 4.90 Å². The highest BCUT2D eigenvalue weighted by molar-refractivity contribution is 7.89. The van der Waals surface area contributed by atoms with E-state index in [1.807, 2.05) is 43.3 Å². The van der Waals surface area contributed by atoms with Crippen LogP contribution in [-0.4, -0.2) is 34.0 Å². The van der Waals surface area contributed by atoms with Crippen molar-refractivity contribution in [2.75, 3.05) is 25.5 Å². The van der Waals surface area contributed by atoms with Crippen molar-refractivity contribution < 1.29 is 13.3 Å². The summed E-state index contributed by atoms with van der Waals surface area (Å²) in [5, 5.41) is 11.0. The van der Waals surface area contributed by atoms with Crippen LogP contribution in [0.1, 0.15) is 5.56 Å². The maximum absolute atomic E-state index is 12.3. The van der Waals surface area contributed by atoms with Crippen LogP contribution in [0.2, 0.25) is 0 Å². The Hall–Kier alpha value is -2.45. The summed E-state index contributed by atoms with van der Waals surface area (Å²) >= 11 is 0. The Balaban J connectivity index is 2.04. The maximum atomic E-state index is 12.3. The monoisotopic (exact) mass is 349 g/mol. The van der Waals surface area contributed by atoms with Gasteiger partial charge in [0.2, 0.25) is 10.0 Å². The fraction of sp³-hybridized carbons (Fsp3) is 0.250. The van der Waals surface area contributed by atoms with Crippen LogP contribution in [0.25, 0.3) is 0 Å². The van der Waals surface area contributed by atoms with Crippen molar-refractivity contribution in [1.29, 1.82) is 0 Å². The molecule has 0 bridgehead atoms. The highest BCUT2D eigenvalue weighted by Crippen LogP contribution is 2.22. The number of nitro benzene ring substituents is 1. The molecule has 0 aliphatic rings. The number of sulfonamides is 1.